The molecule has 1 saturated heterocycles. The monoisotopic (exact) mass is 303 g/mol. The zero-order valence-electron chi connectivity index (χ0n) is 10.9. The number of nitrogens with two attached hydrogens (primary N) is 1. The highest BCUT2D eigenvalue weighted by Crippen LogP contribution is 2.35. The molecule has 3 unspecified atom stereocenters. The molecule has 0 spiro atoms. The first-order chi connectivity index (χ1) is 10.0. The van der Waals surface area contributed by atoms with Gasteiger partial charge in [-0.1, -0.05) is 0 Å². The number of hydrogen-bond donors (Lipinski definition) is 3. The number of aromatic nitrogens is 2. The second-order valence-corrected chi connectivity index (χ2v) is 4.52. The van der Waals surface area contributed by atoms with E-state index in [1.807, 2.05) is 0 Å². The molecule has 1 aromatic rings. The Hall–Kier alpha value is -1.84. The molecule has 0 amide bonds. The highest BCUT2D eigenvalue weighted by molar-refractivity contribution is 5.37. The first-order valence-corrected chi connectivity index (χ1v) is 6.22. The molecule has 2 rings (SSSR count). The summed E-state index contributed by atoms with van der Waals surface area (Å²) in [5.74, 6) is -0.0707. The van der Waals surface area contributed by atoms with Crippen LogP contribution in [0.25, 0.3) is 0 Å². The van der Waals surface area contributed by atoms with Crippen molar-refractivity contribution in [3.05, 3.63) is 34.1 Å². The van der Waals surface area contributed by atoms with Crippen LogP contribution in [-0.2, 0) is 11.2 Å². The minimum absolute atomic E-state index is 0.0238. The lowest BCUT2D eigenvalue weighted by atomic mass is 10.1. The van der Waals surface area contributed by atoms with Gasteiger partial charge in [-0.15, -0.1) is 0 Å². The number of aliphatic hydroxyl groups is 2. The molecule has 0 bridgehead atoms. The molecule has 1 aliphatic rings. The molecule has 21 heavy (non-hydrogen) atoms. The second kappa shape index (κ2) is 6.29. The van der Waals surface area contributed by atoms with Crippen LogP contribution < -0.4 is 11.4 Å². The molecule has 7 nitrogen and oxygen atoms in total. The number of alkyl halides is 1. The normalized spacial score (nSPS) is 27.4. The van der Waals surface area contributed by atoms with Crippen molar-refractivity contribution >= 4 is 5.82 Å². The van der Waals surface area contributed by atoms with Crippen LogP contribution in [0.2, 0.25) is 0 Å². The van der Waals surface area contributed by atoms with Crippen LogP contribution in [0.15, 0.2) is 22.9 Å². The summed E-state index contributed by atoms with van der Waals surface area (Å²) in [6, 6.07) is 0. The van der Waals surface area contributed by atoms with E-state index in [-0.39, 0.29) is 30.7 Å². The fourth-order valence-electron chi connectivity index (χ4n) is 2.16. The molecular formula is C12H15F2N3O4. The highest BCUT2D eigenvalue weighted by Gasteiger charge is 2.42. The molecule has 1 aliphatic heterocycles. The molecule has 4 N–H and O–H groups in total. The van der Waals surface area contributed by atoms with Crippen LogP contribution in [0.5, 0.6) is 0 Å². The topological polar surface area (TPSA) is 111 Å². The number of nitrogen functional groups attached to an aromatic ring is 1. The lowest BCUT2D eigenvalue weighted by molar-refractivity contribution is -0.0376. The summed E-state index contributed by atoms with van der Waals surface area (Å²) in [4.78, 5) is 15.3. The van der Waals surface area contributed by atoms with E-state index in [0.717, 1.165) is 4.57 Å². The van der Waals surface area contributed by atoms with Crippen molar-refractivity contribution in [3.63, 3.8) is 0 Å². The number of nitrogens with zero attached hydrogens (tertiary/aromatic N) is 2. The first kappa shape index (κ1) is 15.5. The van der Waals surface area contributed by atoms with Crippen LogP contribution >= 0.6 is 0 Å². The van der Waals surface area contributed by atoms with Gasteiger partial charge in [0.1, 0.15) is 11.9 Å². The van der Waals surface area contributed by atoms with Gasteiger partial charge in [-0.05, 0) is 0 Å². The number of anilines is 1. The van der Waals surface area contributed by atoms with E-state index in [1.165, 1.54) is 6.20 Å². The van der Waals surface area contributed by atoms with Crippen LogP contribution in [0.3, 0.4) is 0 Å². The van der Waals surface area contributed by atoms with Crippen molar-refractivity contribution in [2.45, 2.75) is 24.9 Å². The first-order valence-electron chi connectivity index (χ1n) is 6.22. The SMILES string of the molecule is Nc1nc(=O)n(C2OC(CO)/C(=C/F)C2F)cc1CCO. The molecule has 2 heterocycles. The third kappa shape index (κ3) is 2.80. The summed E-state index contributed by atoms with van der Waals surface area (Å²) >= 11 is 0. The number of aliphatic hydroxyl groups excluding tert-OH is 2. The van der Waals surface area contributed by atoms with E-state index in [4.69, 9.17) is 20.7 Å². The Morgan fingerprint density at radius 2 is 2.24 bits per heavy atom. The zero-order valence-corrected chi connectivity index (χ0v) is 10.9. The Balaban J connectivity index is 2.42. The van der Waals surface area contributed by atoms with Crippen molar-refractivity contribution in [2.24, 2.45) is 0 Å². The average molecular weight is 303 g/mol. The van der Waals surface area contributed by atoms with E-state index in [0.29, 0.717) is 5.56 Å². The maximum atomic E-state index is 14.2. The van der Waals surface area contributed by atoms with E-state index in [2.05, 4.69) is 4.98 Å². The molecule has 1 fully saturated rings. The number of halogens is 2. The van der Waals surface area contributed by atoms with Crippen LogP contribution in [0.4, 0.5) is 14.6 Å². The zero-order chi connectivity index (χ0) is 15.6. The van der Waals surface area contributed by atoms with E-state index in [1.54, 1.807) is 0 Å². The van der Waals surface area contributed by atoms with Crippen LogP contribution in [0, 0.1) is 0 Å². The fraction of sp³-hybridized carbons (Fsp3) is 0.500. The number of rotatable bonds is 4. The van der Waals surface area contributed by atoms with Gasteiger partial charge >= 0.3 is 5.69 Å². The molecule has 116 valence electrons. The van der Waals surface area contributed by atoms with Crippen molar-refractivity contribution in [2.75, 3.05) is 18.9 Å². The summed E-state index contributed by atoms with van der Waals surface area (Å²) in [5, 5.41) is 18.0. The summed E-state index contributed by atoms with van der Waals surface area (Å²) in [6.07, 6.45) is -3.18. The van der Waals surface area contributed by atoms with Gasteiger partial charge in [0.05, 0.1) is 12.9 Å². The van der Waals surface area contributed by atoms with Crippen LogP contribution in [-0.4, -0.2) is 45.3 Å². The highest BCUT2D eigenvalue weighted by atomic mass is 19.1. The third-order valence-electron chi connectivity index (χ3n) is 3.25. The molecule has 0 aromatic carbocycles. The molecule has 1 aromatic heterocycles. The van der Waals surface area contributed by atoms with Gasteiger partial charge in [0.2, 0.25) is 0 Å². The Kier molecular flexibility index (Phi) is 4.66. The maximum absolute atomic E-state index is 14.2. The summed E-state index contributed by atoms with van der Waals surface area (Å²) < 4.78 is 32.8. The van der Waals surface area contributed by atoms with Gasteiger partial charge in [-0.2, -0.15) is 4.98 Å². The van der Waals surface area contributed by atoms with Gasteiger partial charge in [-0.3, -0.25) is 4.57 Å². The van der Waals surface area contributed by atoms with Crippen molar-refractivity contribution in [1.29, 1.82) is 0 Å². The standard InChI is InChI=1S/C12H15F2N3O4/c13-3-7-8(5-19)21-11(9(7)14)17-4-6(1-2-18)10(15)16-12(17)20/h3-4,8-9,11,18-19H,1-2,5H2,(H2,15,16,20)/b7-3-. The Morgan fingerprint density at radius 1 is 1.52 bits per heavy atom. The molecule has 0 saturated carbocycles. The van der Waals surface area contributed by atoms with Crippen molar-refractivity contribution < 1.29 is 23.7 Å². The quantitative estimate of drug-likeness (QED) is 0.688. The molecule has 0 aliphatic carbocycles. The molecule has 0 radical (unpaired) electrons. The van der Waals surface area contributed by atoms with Crippen molar-refractivity contribution in [3.8, 4) is 0 Å². The molecule has 3 atom stereocenters. The predicted octanol–water partition coefficient (Wildman–Crippen LogP) is -0.559. The van der Waals surface area contributed by atoms with Gasteiger partial charge in [0, 0.05) is 30.4 Å². The van der Waals surface area contributed by atoms with E-state index < -0.39 is 30.8 Å². The van der Waals surface area contributed by atoms with Crippen LogP contribution in [0.1, 0.15) is 11.8 Å². The number of ether oxygens (including phenoxy) is 1. The van der Waals surface area contributed by atoms with Gasteiger partial charge in [0.15, 0.2) is 12.4 Å². The molecule has 9 heteroatoms. The third-order valence-corrected chi connectivity index (χ3v) is 3.25. The van der Waals surface area contributed by atoms with E-state index in [9.17, 15) is 13.6 Å². The summed E-state index contributed by atoms with van der Waals surface area (Å²) in [6.45, 7) is -0.850. The predicted molar refractivity (Wildman–Crippen MR) is 68.8 cm³/mol. The smallest absolute Gasteiger partial charge is 0.351 e. The Morgan fingerprint density at radius 3 is 2.76 bits per heavy atom. The average Bonchev–Trinajstić information content (AvgIpc) is 2.78. The fourth-order valence-corrected chi connectivity index (χ4v) is 2.16. The summed E-state index contributed by atoms with van der Waals surface area (Å²) in [7, 11) is 0. The second-order valence-electron chi connectivity index (χ2n) is 4.52. The van der Waals surface area contributed by atoms with Gasteiger partial charge < -0.3 is 20.7 Å². The largest absolute Gasteiger partial charge is 0.396 e. The number of hydrogen-bond acceptors (Lipinski definition) is 6. The summed E-state index contributed by atoms with van der Waals surface area (Å²) in [5.41, 5.74) is 4.63. The Bertz CT molecular complexity index is 605. The Labute approximate surface area is 118 Å². The lowest BCUT2D eigenvalue weighted by Gasteiger charge is -2.17. The molecular weight excluding hydrogens is 288 g/mol. The minimum Gasteiger partial charge on any atom is -0.396 e. The van der Waals surface area contributed by atoms with Crippen molar-refractivity contribution in [1.82, 2.24) is 9.55 Å². The maximum Gasteiger partial charge on any atom is 0.351 e. The lowest BCUT2D eigenvalue weighted by Crippen LogP contribution is -2.32. The van der Waals surface area contributed by atoms with E-state index >= 15 is 0 Å². The minimum atomic E-state index is -1.93. The van der Waals surface area contributed by atoms with Gasteiger partial charge in [0.25, 0.3) is 0 Å². The van der Waals surface area contributed by atoms with Gasteiger partial charge in [-0.25, -0.2) is 13.6 Å².